The van der Waals surface area contributed by atoms with Crippen LogP contribution >= 0.6 is 15.9 Å². The first kappa shape index (κ1) is 14.9. The van der Waals surface area contributed by atoms with Crippen LogP contribution < -0.4 is 10.2 Å². The summed E-state index contributed by atoms with van der Waals surface area (Å²) in [6.07, 6.45) is 5.50. The zero-order valence-corrected chi connectivity index (χ0v) is 13.4. The highest BCUT2D eigenvalue weighted by Crippen LogP contribution is 2.23. The molecule has 4 nitrogen and oxygen atoms in total. The van der Waals surface area contributed by atoms with Gasteiger partial charge >= 0.3 is 0 Å². The number of hydrogen-bond donors (Lipinski definition) is 1. The highest BCUT2D eigenvalue weighted by molar-refractivity contribution is 9.10. The predicted molar refractivity (Wildman–Crippen MR) is 85.7 cm³/mol. The standard InChI is InChI=1S/C15H19BrN4/c1-3-20(11-12-4-6-18-7-5-12)15-13(9-17-2)8-14(16)10-19-15/h4-8,10,17H,3,9,11H2,1-2H3. The van der Waals surface area contributed by atoms with Gasteiger partial charge in [-0.2, -0.15) is 0 Å². The van der Waals surface area contributed by atoms with Crippen LogP contribution in [0.25, 0.3) is 0 Å². The van der Waals surface area contributed by atoms with E-state index in [1.807, 2.05) is 37.8 Å². The fourth-order valence-electron chi connectivity index (χ4n) is 2.12. The van der Waals surface area contributed by atoms with Crippen molar-refractivity contribution in [3.8, 4) is 0 Å². The van der Waals surface area contributed by atoms with Crippen LogP contribution in [0.15, 0.2) is 41.3 Å². The predicted octanol–water partition coefficient (Wildman–Crippen LogP) is 2.99. The maximum Gasteiger partial charge on any atom is 0.133 e. The van der Waals surface area contributed by atoms with Crippen molar-refractivity contribution >= 4 is 21.7 Å². The zero-order valence-electron chi connectivity index (χ0n) is 11.8. The second kappa shape index (κ2) is 7.36. The number of nitrogens with one attached hydrogen (secondary N) is 1. The van der Waals surface area contributed by atoms with Gasteiger partial charge in [-0.25, -0.2) is 4.98 Å². The van der Waals surface area contributed by atoms with Gasteiger partial charge in [-0.05, 0) is 53.7 Å². The number of hydrogen-bond acceptors (Lipinski definition) is 4. The Balaban J connectivity index is 2.27. The van der Waals surface area contributed by atoms with E-state index in [-0.39, 0.29) is 0 Å². The zero-order chi connectivity index (χ0) is 14.4. The molecule has 0 aliphatic rings. The Kier molecular flexibility index (Phi) is 5.49. The van der Waals surface area contributed by atoms with E-state index < -0.39 is 0 Å². The molecule has 2 rings (SSSR count). The van der Waals surface area contributed by atoms with E-state index in [4.69, 9.17) is 0 Å². The molecule has 0 aromatic carbocycles. The molecule has 2 aromatic heterocycles. The summed E-state index contributed by atoms with van der Waals surface area (Å²) in [5.41, 5.74) is 2.43. The Morgan fingerprint density at radius 1 is 1.30 bits per heavy atom. The highest BCUT2D eigenvalue weighted by atomic mass is 79.9. The Hall–Kier alpha value is -1.46. The van der Waals surface area contributed by atoms with Crippen molar-refractivity contribution in [1.29, 1.82) is 0 Å². The van der Waals surface area contributed by atoms with Gasteiger partial charge in [0, 0.05) is 48.3 Å². The molecule has 0 radical (unpaired) electrons. The lowest BCUT2D eigenvalue weighted by molar-refractivity contribution is 0.768. The second-order valence-corrected chi connectivity index (χ2v) is 5.45. The van der Waals surface area contributed by atoms with Gasteiger partial charge in [0.1, 0.15) is 5.82 Å². The summed E-state index contributed by atoms with van der Waals surface area (Å²) < 4.78 is 1.01. The van der Waals surface area contributed by atoms with Crippen LogP contribution in [0.2, 0.25) is 0 Å². The summed E-state index contributed by atoms with van der Waals surface area (Å²) in [4.78, 5) is 10.9. The fourth-order valence-corrected chi connectivity index (χ4v) is 2.50. The first-order valence-electron chi connectivity index (χ1n) is 6.67. The molecule has 5 heteroatoms. The summed E-state index contributed by atoms with van der Waals surface area (Å²) in [5.74, 6) is 1.03. The van der Waals surface area contributed by atoms with Crippen LogP contribution in [0.4, 0.5) is 5.82 Å². The van der Waals surface area contributed by atoms with Crippen LogP contribution in [0, 0.1) is 0 Å². The summed E-state index contributed by atoms with van der Waals surface area (Å²) in [7, 11) is 1.95. The lowest BCUT2D eigenvalue weighted by Gasteiger charge is -2.24. The number of rotatable bonds is 6. The minimum absolute atomic E-state index is 0.800. The fraction of sp³-hybridized carbons (Fsp3) is 0.333. The van der Waals surface area contributed by atoms with Crippen molar-refractivity contribution in [1.82, 2.24) is 15.3 Å². The van der Waals surface area contributed by atoms with E-state index >= 15 is 0 Å². The van der Waals surface area contributed by atoms with Gasteiger partial charge in [0.2, 0.25) is 0 Å². The highest BCUT2D eigenvalue weighted by Gasteiger charge is 2.12. The molecule has 0 fully saturated rings. The Morgan fingerprint density at radius 3 is 2.70 bits per heavy atom. The molecule has 0 amide bonds. The van der Waals surface area contributed by atoms with Gasteiger partial charge in [-0.1, -0.05) is 0 Å². The van der Waals surface area contributed by atoms with Crippen LogP contribution in [0.3, 0.4) is 0 Å². The lowest BCUT2D eigenvalue weighted by atomic mass is 10.2. The molecule has 0 saturated heterocycles. The third-order valence-corrected chi connectivity index (χ3v) is 3.51. The third kappa shape index (κ3) is 3.77. The average molecular weight is 335 g/mol. The molecular weight excluding hydrogens is 316 g/mol. The van der Waals surface area contributed by atoms with E-state index in [1.54, 1.807) is 0 Å². The van der Waals surface area contributed by atoms with Crippen LogP contribution in [-0.4, -0.2) is 23.6 Å². The molecule has 2 aromatic rings. The molecule has 0 unspecified atom stereocenters. The van der Waals surface area contributed by atoms with Gasteiger partial charge in [-0.3, -0.25) is 4.98 Å². The smallest absolute Gasteiger partial charge is 0.133 e. The molecule has 1 N–H and O–H groups in total. The Labute approximate surface area is 128 Å². The molecule has 0 aliphatic carbocycles. The van der Waals surface area contributed by atoms with Crippen LogP contribution in [0.5, 0.6) is 0 Å². The molecular formula is C15H19BrN4. The monoisotopic (exact) mass is 334 g/mol. The molecule has 0 bridgehead atoms. The molecule has 2 heterocycles. The molecule has 0 aliphatic heterocycles. The van der Waals surface area contributed by atoms with Gasteiger partial charge in [0.15, 0.2) is 0 Å². The van der Waals surface area contributed by atoms with Crippen LogP contribution in [-0.2, 0) is 13.1 Å². The van der Waals surface area contributed by atoms with Crippen molar-refractivity contribution in [2.45, 2.75) is 20.0 Å². The van der Waals surface area contributed by atoms with E-state index in [0.717, 1.165) is 29.9 Å². The minimum atomic E-state index is 0.800. The Morgan fingerprint density at radius 2 is 2.05 bits per heavy atom. The van der Waals surface area contributed by atoms with E-state index in [0.29, 0.717) is 0 Å². The maximum absolute atomic E-state index is 4.59. The summed E-state index contributed by atoms with van der Waals surface area (Å²) in [6, 6.07) is 6.20. The lowest BCUT2D eigenvalue weighted by Crippen LogP contribution is -2.25. The Bertz CT molecular complexity index is 545. The van der Waals surface area contributed by atoms with Gasteiger partial charge in [-0.15, -0.1) is 0 Å². The number of halogens is 1. The number of anilines is 1. The summed E-state index contributed by atoms with van der Waals surface area (Å²) in [5, 5.41) is 3.20. The molecule has 0 spiro atoms. The van der Waals surface area contributed by atoms with Crippen LogP contribution in [0.1, 0.15) is 18.1 Å². The summed E-state index contributed by atoms with van der Waals surface area (Å²) in [6.45, 7) is 4.70. The third-order valence-electron chi connectivity index (χ3n) is 3.08. The van der Waals surface area contributed by atoms with Crippen molar-refractivity contribution in [3.05, 3.63) is 52.4 Å². The topological polar surface area (TPSA) is 41.1 Å². The van der Waals surface area contributed by atoms with E-state index in [9.17, 15) is 0 Å². The summed E-state index contributed by atoms with van der Waals surface area (Å²) >= 11 is 3.49. The van der Waals surface area contributed by atoms with Gasteiger partial charge < -0.3 is 10.2 Å². The largest absolute Gasteiger partial charge is 0.352 e. The number of aromatic nitrogens is 2. The molecule has 20 heavy (non-hydrogen) atoms. The maximum atomic E-state index is 4.59. The van der Waals surface area contributed by atoms with E-state index in [1.165, 1.54) is 11.1 Å². The van der Waals surface area contributed by atoms with Gasteiger partial charge in [0.25, 0.3) is 0 Å². The average Bonchev–Trinajstić information content (AvgIpc) is 2.47. The van der Waals surface area contributed by atoms with Crippen molar-refractivity contribution < 1.29 is 0 Å². The molecule has 0 saturated carbocycles. The van der Waals surface area contributed by atoms with Crippen molar-refractivity contribution in [3.63, 3.8) is 0 Å². The van der Waals surface area contributed by atoms with Crippen molar-refractivity contribution in [2.24, 2.45) is 0 Å². The first-order chi connectivity index (χ1) is 9.74. The molecule has 106 valence electrons. The van der Waals surface area contributed by atoms with Crippen molar-refractivity contribution in [2.75, 3.05) is 18.5 Å². The number of nitrogens with zero attached hydrogens (tertiary/aromatic N) is 3. The minimum Gasteiger partial charge on any atom is -0.352 e. The van der Waals surface area contributed by atoms with Gasteiger partial charge in [0.05, 0.1) is 0 Å². The quantitative estimate of drug-likeness (QED) is 0.881. The normalized spacial score (nSPS) is 10.6. The SMILES string of the molecule is CCN(Cc1ccncc1)c1ncc(Br)cc1CNC. The molecule has 0 atom stereocenters. The number of pyridine rings is 2. The van der Waals surface area contributed by atoms with E-state index in [2.05, 4.69) is 49.1 Å². The first-order valence-corrected chi connectivity index (χ1v) is 7.46. The second-order valence-electron chi connectivity index (χ2n) is 4.54.